The lowest BCUT2D eigenvalue weighted by Gasteiger charge is -2.12. The first kappa shape index (κ1) is 19.3. The summed E-state index contributed by atoms with van der Waals surface area (Å²) in [5.41, 5.74) is 0.637. The molecule has 1 aromatic carbocycles. The molecule has 6 heteroatoms. The Balaban J connectivity index is 1.74. The SMILES string of the molecule is CCCCOc1ccccc1NC(=O)CCNC(=O)/C=C/c1ccco1. The van der Waals surface area contributed by atoms with Crippen LogP contribution in [0.4, 0.5) is 5.69 Å². The van der Waals surface area contributed by atoms with Crippen molar-refractivity contribution in [2.75, 3.05) is 18.5 Å². The first-order chi connectivity index (χ1) is 12.7. The maximum absolute atomic E-state index is 12.1. The molecule has 2 amide bonds. The van der Waals surface area contributed by atoms with E-state index in [4.69, 9.17) is 9.15 Å². The molecule has 0 saturated carbocycles. The summed E-state index contributed by atoms with van der Waals surface area (Å²) in [5, 5.41) is 5.48. The Morgan fingerprint density at radius 1 is 1.19 bits per heavy atom. The molecular weight excluding hydrogens is 332 g/mol. The number of para-hydroxylation sites is 2. The highest BCUT2D eigenvalue weighted by Crippen LogP contribution is 2.24. The molecule has 0 spiro atoms. The molecule has 26 heavy (non-hydrogen) atoms. The maximum Gasteiger partial charge on any atom is 0.244 e. The highest BCUT2D eigenvalue weighted by atomic mass is 16.5. The minimum atomic E-state index is -0.280. The zero-order valence-electron chi connectivity index (χ0n) is 14.9. The molecule has 0 atom stereocenters. The maximum atomic E-state index is 12.1. The van der Waals surface area contributed by atoms with Gasteiger partial charge in [0.25, 0.3) is 0 Å². The van der Waals surface area contributed by atoms with Crippen LogP contribution in [0.2, 0.25) is 0 Å². The molecule has 0 aliphatic rings. The van der Waals surface area contributed by atoms with Gasteiger partial charge in [-0.25, -0.2) is 0 Å². The van der Waals surface area contributed by atoms with Crippen molar-refractivity contribution < 1.29 is 18.7 Å². The van der Waals surface area contributed by atoms with E-state index in [0.717, 1.165) is 12.8 Å². The summed E-state index contributed by atoms with van der Waals surface area (Å²) in [6, 6.07) is 10.8. The molecule has 2 N–H and O–H groups in total. The molecule has 0 unspecified atom stereocenters. The van der Waals surface area contributed by atoms with E-state index in [-0.39, 0.29) is 24.8 Å². The number of nitrogens with one attached hydrogen (secondary N) is 2. The van der Waals surface area contributed by atoms with Crippen LogP contribution in [-0.4, -0.2) is 25.0 Å². The molecule has 0 fully saturated rings. The number of anilines is 1. The van der Waals surface area contributed by atoms with Crippen LogP contribution in [0.1, 0.15) is 31.9 Å². The summed E-state index contributed by atoms with van der Waals surface area (Å²) in [6.07, 6.45) is 6.64. The van der Waals surface area contributed by atoms with Gasteiger partial charge in [-0.1, -0.05) is 25.5 Å². The number of ether oxygens (including phenoxy) is 1. The van der Waals surface area contributed by atoms with Crippen LogP contribution in [0.15, 0.2) is 53.2 Å². The molecule has 0 aliphatic carbocycles. The standard InChI is InChI=1S/C20H24N2O4/c1-2-3-14-26-18-9-5-4-8-17(18)22-20(24)12-13-21-19(23)11-10-16-7-6-15-25-16/h4-11,15H,2-3,12-14H2,1H3,(H,21,23)(H,22,24)/b11-10+. The van der Waals surface area contributed by atoms with Crippen LogP contribution in [0.3, 0.4) is 0 Å². The van der Waals surface area contributed by atoms with Gasteiger partial charge in [-0.3, -0.25) is 9.59 Å². The summed E-state index contributed by atoms with van der Waals surface area (Å²) in [6.45, 7) is 2.95. The van der Waals surface area contributed by atoms with Crippen molar-refractivity contribution in [3.63, 3.8) is 0 Å². The van der Waals surface area contributed by atoms with Gasteiger partial charge in [0.05, 0.1) is 18.6 Å². The summed E-state index contributed by atoms with van der Waals surface area (Å²) < 4.78 is 10.8. The van der Waals surface area contributed by atoms with Crippen LogP contribution in [0, 0.1) is 0 Å². The van der Waals surface area contributed by atoms with E-state index in [2.05, 4.69) is 17.6 Å². The van der Waals surface area contributed by atoms with Gasteiger partial charge in [0.1, 0.15) is 11.5 Å². The highest BCUT2D eigenvalue weighted by molar-refractivity contribution is 5.94. The third-order valence-corrected chi connectivity index (χ3v) is 3.51. The van der Waals surface area contributed by atoms with E-state index in [1.807, 2.05) is 18.2 Å². The van der Waals surface area contributed by atoms with E-state index in [1.54, 1.807) is 24.3 Å². The number of furan rings is 1. The van der Waals surface area contributed by atoms with E-state index in [0.29, 0.717) is 23.8 Å². The lowest BCUT2D eigenvalue weighted by Crippen LogP contribution is -2.26. The molecular formula is C20H24N2O4. The second-order valence-electron chi connectivity index (χ2n) is 5.64. The largest absolute Gasteiger partial charge is 0.491 e. The van der Waals surface area contributed by atoms with Gasteiger partial charge < -0.3 is 19.8 Å². The lowest BCUT2D eigenvalue weighted by atomic mass is 10.2. The molecule has 138 valence electrons. The zero-order valence-corrected chi connectivity index (χ0v) is 14.9. The number of rotatable bonds is 10. The fraction of sp³-hybridized carbons (Fsp3) is 0.300. The van der Waals surface area contributed by atoms with Crippen molar-refractivity contribution >= 4 is 23.6 Å². The quantitative estimate of drug-likeness (QED) is 0.503. The van der Waals surface area contributed by atoms with Crippen LogP contribution in [-0.2, 0) is 9.59 Å². The monoisotopic (exact) mass is 356 g/mol. The Kier molecular flexibility index (Phi) is 7.99. The second-order valence-corrected chi connectivity index (χ2v) is 5.64. The normalized spacial score (nSPS) is 10.7. The van der Waals surface area contributed by atoms with Crippen molar-refractivity contribution in [3.05, 3.63) is 54.5 Å². The summed E-state index contributed by atoms with van der Waals surface area (Å²) >= 11 is 0. The molecule has 0 saturated heterocycles. The Labute approximate surface area is 153 Å². The summed E-state index contributed by atoms with van der Waals surface area (Å²) in [4.78, 5) is 23.8. The molecule has 1 aromatic heterocycles. The van der Waals surface area contributed by atoms with Gasteiger partial charge in [0, 0.05) is 19.0 Å². The van der Waals surface area contributed by atoms with Crippen molar-refractivity contribution in [2.24, 2.45) is 0 Å². The van der Waals surface area contributed by atoms with Gasteiger partial charge in [-0.15, -0.1) is 0 Å². The Bertz CT molecular complexity index is 723. The van der Waals surface area contributed by atoms with Crippen molar-refractivity contribution in [1.82, 2.24) is 5.32 Å². The van der Waals surface area contributed by atoms with Crippen molar-refractivity contribution in [3.8, 4) is 5.75 Å². The molecule has 0 bridgehead atoms. The number of benzene rings is 1. The summed E-state index contributed by atoms with van der Waals surface area (Å²) in [7, 11) is 0. The average Bonchev–Trinajstić information content (AvgIpc) is 3.15. The molecule has 2 aromatic rings. The van der Waals surface area contributed by atoms with Crippen LogP contribution in [0.25, 0.3) is 6.08 Å². The van der Waals surface area contributed by atoms with Crippen molar-refractivity contribution in [2.45, 2.75) is 26.2 Å². The zero-order chi connectivity index (χ0) is 18.6. The Hall–Kier alpha value is -3.02. The van der Waals surface area contributed by atoms with Crippen LogP contribution in [0.5, 0.6) is 5.75 Å². The Morgan fingerprint density at radius 3 is 2.81 bits per heavy atom. The van der Waals surface area contributed by atoms with E-state index < -0.39 is 0 Å². The Morgan fingerprint density at radius 2 is 2.04 bits per heavy atom. The van der Waals surface area contributed by atoms with Gasteiger partial charge >= 0.3 is 0 Å². The minimum Gasteiger partial charge on any atom is -0.491 e. The van der Waals surface area contributed by atoms with E-state index >= 15 is 0 Å². The number of carbonyl (C=O) groups excluding carboxylic acids is 2. The first-order valence-corrected chi connectivity index (χ1v) is 8.70. The fourth-order valence-electron chi connectivity index (χ4n) is 2.14. The number of hydrogen-bond donors (Lipinski definition) is 2. The number of hydrogen-bond acceptors (Lipinski definition) is 4. The van der Waals surface area contributed by atoms with Gasteiger partial charge in [-0.2, -0.15) is 0 Å². The van der Waals surface area contributed by atoms with Crippen molar-refractivity contribution in [1.29, 1.82) is 0 Å². The molecule has 0 radical (unpaired) electrons. The van der Waals surface area contributed by atoms with Crippen LogP contribution >= 0.6 is 0 Å². The molecule has 0 aliphatic heterocycles. The van der Waals surface area contributed by atoms with E-state index in [9.17, 15) is 9.59 Å². The molecule has 2 rings (SSSR count). The molecule has 6 nitrogen and oxygen atoms in total. The number of unbranched alkanes of at least 4 members (excludes halogenated alkanes) is 1. The minimum absolute atomic E-state index is 0.170. The fourth-order valence-corrected chi connectivity index (χ4v) is 2.14. The predicted octanol–water partition coefficient (Wildman–Crippen LogP) is 3.62. The third kappa shape index (κ3) is 6.84. The van der Waals surface area contributed by atoms with Crippen LogP contribution < -0.4 is 15.4 Å². The van der Waals surface area contributed by atoms with Gasteiger partial charge in [0.15, 0.2) is 0 Å². The van der Waals surface area contributed by atoms with Gasteiger partial charge in [-0.05, 0) is 36.8 Å². The number of carbonyl (C=O) groups is 2. The first-order valence-electron chi connectivity index (χ1n) is 8.70. The lowest BCUT2D eigenvalue weighted by molar-refractivity contribution is -0.117. The topological polar surface area (TPSA) is 80.6 Å². The highest BCUT2D eigenvalue weighted by Gasteiger charge is 2.08. The van der Waals surface area contributed by atoms with Gasteiger partial charge in [0.2, 0.25) is 11.8 Å². The predicted molar refractivity (Wildman–Crippen MR) is 101 cm³/mol. The number of amides is 2. The molecule has 1 heterocycles. The summed E-state index contributed by atoms with van der Waals surface area (Å²) in [5.74, 6) is 0.779. The average molecular weight is 356 g/mol. The van der Waals surface area contributed by atoms with E-state index in [1.165, 1.54) is 12.3 Å². The third-order valence-electron chi connectivity index (χ3n) is 3.51. The second kappa shape index (κ2) is 10.8. The smallest absolute Gasteiger partial charge is 0.244 e.